The summed E-state index contributed by atoms with van der Waals surface area (Å²) in [5.41, 5.74) is 40.6. The van der Waals surface area contributed by atoms with Crippen LogP contribution < -0.4 is 60.2 Å². The summed E-state index contributed by atoms with van der Waals surface area (Å²) in [5, 5.41) is 0. The van der Waals surface area contributed by atoms with Crippen molar-refractivity contribution >= 4 is 0 Å². The van der Waals surface area contributed by atoms with Crippen LogP contribution in [0.2, 0.25) is 0 Å². The number of nitrogens with zero attached hydrogens (tertiary/aromatic N) is 4. The van der Waals surface area contributed by atoms with Crippen molar-refractivity contribution in [3.63, 3.8) is 0 Å². The Morgan fingerprint density at radius 1 is 0.216 bits per heavy atom. The Labute approximate surface area is 571 Å². The summed E-state index contributed by atoms with van der Waals surface area (Å²) in [6.07, 6.45) is 20.6. The van der Waals surface area contributed by atoms with Gasteiger partial charge < -0.3 is 41.9 Å². The summed E-state index contributed by atoms with van der Waals surface area (Å²) in [6, 6.07) is 87.8. The highest BCUT2D eigenvalue weighted by molar-refractivity contribution is 5.67. The lowest BCUT2D eigenvalue weighted by molar-refractivity contribution is -0.688. The Morgan fingerprint density at radius 2 is 0.392 bits per heavy atom. The minimum Gasteiger partial charge on any atom is -0.494 e. The quantitative estimate of drug-likeness (QED) is 0.0184. The van der Waals surface area contributed by atoms with Crippen molar-refractivity contribution < 1.29 is 37.2 Å². The van der Waals surface area contributed by atoms with E-state index in [1.54, 1.807) is 0 Å². The second kappa shape index (κ2) is 33.2. The van der Waals surface area contributed by atoms with Crippen molar-refractivity contribution in [1.29, 1.82) is 0 Å². The molecule has 0 fully saturated rings. The van der Waals surface area contributed by atoms with Crippen LogP contribution in [0.1, 0.15) is 70.2 Å². The second-order valence-corrected chi connectivity index (χ2v) is 24.6. The molecule has 12 aromatic rings. The fourth-order valence-corrected chi connectivity index (χ4v) is 12.4. The third kappa shape index (κ3) is 17.3. The van der Waals surface area contributed by atoms with Crippen molar-refractivity contribution in [2.75, 3.05) is 52.6 Å². The number of hydrogen-bond acceptors (Lipinski definition) is 8. The van der Waals surface area contributed by atoms with E-state index in [0.717, 1.165) is 93.2 Å². The van der Waals surface area contributed by atoms with Crippen LogP contribution in [-0.2, 0) is 31.6 Å². The van der Waals surface area contributed by atoms with Crippen LogP contribution in [0, 0.1) is 0 Å². The Hall–Kier alpha value is -10.6. The number of hydrogen-bond donors (Lipinski definition) is 4. The molecule has 4 heterocycles. The molecule has 12 nitrogen and oxygen atoms in total. The zero-order valence-electron chi connectivity index (χ0n) is 55.3. The molecule has 0 saturated heterocycles. The molecule has 8 N–H and O–H groups in total. The van der Waals surface area contributed by atoms with Crippen LogP contribution in [-0.4, -0.2) is 52.6 Å². The zero-order chi connectivity index (χ0) is 66.4. The molecule has 0 aliphatic heterocycles. The van der Waals surface area contributed by atoms with Crippen molar-refractivity contribution in [2.45, 2.75) is 57.3 Å². The van der Waals surface area contributed by atoms with Crippen molar-refractivity contribution in [2.24, 2.45) is 22.9 Å². The largest absolute Gasteiger partial charge is 0.494 e. The van der Waals surface area contributed by atoms with Gasteiger partial charge in [0.2, 0.25) is 0 Å². The molecule has 0 saturated carbocycles. The summed E-state index contributed by atoms with van der Waals surface area (Å²) in [4.78, 5) is 0. The first-order valence-corrected chi connectivity index (χ1v) is 33.9. The molecule has 0 aliphatic rings. The molecule has 97 heavy (non-hydrogen) atoms. The Balaban J connectivity index is 0.861. The monoisotopic (exact) mass is 1280 g/mol. The number of rotatable bonds is 32. The molecule has 0 spiro atoms. The lowest BCUT2D eigenvalue weighted by Gasteiger charge is -2.37. The molecule has 0 unspecified atom stereocenters. The molecule has 0 atom stereocenters. The highest BCUT2D eigenvalue weighted by atomic mass is 16.5. The molecule has 0 radical (unpaired) electrons. The van der Waals surface area contributed by atoms with Crippen LogP contribution in [0.15, 0.2) is 292 Å². The van der Waals surface area contributed by atoms with Gasteiger partial charge in [-0.1, -0.05) is 146 Å². The summed E-state index contributed by atoms with van der Waals surface area (Å²) in [6.45, 7) is 7.73. The van der Waals surface area contributed by atoms with Gasteiger partial charge in [-0.25, -0.2) is 18.3 Å². The highest BCUT2D eigenvalue weighted by Gasteiger charge is 2.39. The Morgan fingerprint density at radius 3 is 0.567 bits per heavy atom. The summed E-state index contributed by atoms with van der Waals surface area (Å²) in [7, 11) is 0. The third-order valence-electron chi connectivity index (χ3n) is 17.8. The van der Waals surface area contributed by atoms with Crippen LogP contribution in [0.25, 0.3) is 44.5 Å². The van der Waals surface area contributed by atoms with E-state index in [1.165, 1.54) is 44.5 Å². The molecular weight excluding hydrogens is 1200 g/mol. The molecule has 4 aromatic heterocycles. The van der Waals surface area contributed by atoms with Crippen LogP contribution in [0.3, 0.4) is 0 Å². The van der Waals surface area contributed by atoms with Gasteiger partial charge >= 0.3 is 0 Å². The SMILES string of the molecule is NCCCOc1ccc(-c2cc[n+](Cc3ccc(C(c4ccc(C[n+]5ccc(-c6ccc(OCCCN)cc6)cc5)cc4)(c4ccc(C[n+]5ccc(-c6ccc(OCCCN)cc6)cc5)cc4)c4ccc(C[n+]5ccc(-c6ccc(OCCCN)cc6)cc5)cc4)cc3)cc2)cc1. The topological polar surface area (TPSA) is 157 Å². The summed E-state index contributed by atoms with van der Waals surface area (Å²) in [5.74, 6) is 3.41. The zero-order valence-corrected chi connectivity index (χ0v) is 55.3. The number of pyridine rings is 4. The Bertz CT molecular complexity index is 3770. The van der Waals surface area contributed by atoms with Crippen molar-refractivity contribution in [1.82, 2.24) is 0 Å². The van der Waals surface area contributed by atoms with Crippen LogP contribution >= 0.6 is 0 Å². The molecular formula is C85H88N8O4+4. The number of ether oxygens (including phenoxy) is 4. The maximum Gasteiger partial charge on any atom is 0.173 e. The van der Waals surface area contributed by atoms with E-state index in [0.29, 0.717) is 78.8 Å². The average Bonchev–Trinajstić information content (AvgIpc) is 0.733. The van der Waals surface area contributed by atoms with Gasteiger partial charge in [0.05, 0.1) is 31.8 Å². The number of nitrogens with two attached hydrogens (primary N) is 4. The van der Waals surface area contributed by atoms with E-state index < -0.39 is 5.41 Å². The molecule has 0 amide bonds. The van der Waals surface area contributed by atoms with E-state index in [9.17, 15) is 0 Å². The van der Waals surface area contributed by atoms with E-state index in [1.807, 2.05) is 48.5 Å². The first-order chi connectivity index (χ1) is 47.8. The second-order valence-electron chi connectivity index (χ2n) is 24.6. The molecule has 8 aromatic carbocycles. The van der Waals surface area contributed by atoms with Gasteiger partial charge in [-0.15, -0.1) is 0 Å². The molecule has 0 bridgehead atoms. The van der Waals surface area contributed by atoms with Gasteiger partial charge in [-0.2, -0.15) is 0 Å². The fourth-order valence-electron chi connectivity index (χ4n) is 12.4. The van der Waals surface area contributed by atoms with E-state index in [4.69, 9.17) is 41.9 Å². The number of benzene rings is 8. The maximum absolute atomic E-state index is 5.88. The third-order valence-corrected chi connectivity index (χ3v) is 17.8. The minimum absolute atomic E-state index is 0.611. The Kier molecular flexibility index (Phi) is 22.7. The smallest absolute Gasteiger partial charge is 0.173 e. The van der Waals surface area contributed by atoms with Crippen LogP contribution in [0.4, 0.5) is 0 Å². The van der Waals surface area contributed by atoms with E-state index >= 15 is 0 Å². The first-order valence-electron chi connectivity index (χ1n) is 33.9. The average molecular weight is 1290 g/mol. The van der Waals surface area contributed by atoms with Gasteiger partial charge in [-0.05, 0) is 167 Å². The van der Waals surface area contributed by atoms with Crippen molar-refractivity contribution in [3.8, 4) is 67.5 Å². The van der Waals surface area contributed by atoms with Gasteiger partial charge in [0.25, 0.3) is 0 Å². The lowest BCUT2D eigenvalue weighted by Crippen LogP contribution is -2.35. The normalized spacial score (nSPS) is 11.3. The summed E-state index contributed by atoms with van der Waals surface area (Å²) < 4.78 is 32.5. The molecule has 12 rings (SSSR count). The van der Waals surface area contributed by atoms with Gasteiger partial charge in [0, 0.05) is 70.8 Å². The van der Waals surface area contributed by atoms with E-state index in [-0.39, 0.29) is 0 Å². The molecule has 0 aliphatic carbocycles. The van der Waals surface area contributed by atoms with E-state index in [2.05, 4.69) is 262 Å². The number of aromatic nitrogens is 4. The predicted octanol–water partition coefficient (Wildman–Crippen LogP) is 13.0. The minimum atomic E-state index is -0.729. The van der Waals surface area contributed by atoms with Gasteiger partial charge in [-0.3, -0.25) is 0 Å². The van der Waals surface area contributed by atoms with Crippen molar-refractivity contribution in [3.05, 3.63) is 337 Å². The maximum atomic E-state index is 5.88. The summed E-state index contributed by atoms with van der Waals surface area (Å²) >= 11 is 0. The highest BCUT2D eigenvalue weighted by Crippen LogP contribution is 2.46. The van der Waals surface area contributed by atoms with Crippen LogP contribution in [0.5, 0.6) is 23.0 Å². The van der Waals surface area contributed by atoms with Gasteiger partial charge in [0.1, 0.15) is 23.0 Å². The molecule has 488 valence electrons. The predicted molar refractivity (Wildman–Crippen MR) is 386 cm³/mol. The van der Waals surface area contributed by atoms with Gasteiger partial charge in [0.15, 0.2) is 75.8 Å². The fraction of sp³-hybridized carbons (Fsp3) is 0.200. The first kappa shape index (κ1) is 66.4. The lowest BCUT2D eigenvalue weighted by atomic mass is 9.65. The standard InChI is InChI=1S/C85H88N8O4/c86-45-1-57-94-81-29-13-69(14-30-81)73-37-49-90(50-38-73)61-65-5-21-77(22-6-65)85(78-23-7-66(8-24-78)62-91-51-39-74(40-52-91)70-15-31-82(32-16-70)95-58-2-46-87,79-25-9-67(10-26-79)63-92-53-41-75(42-54-92)71-17-33-83(34-18-71)96-59-3-47-88)80-27-11-68(12-28-80)64-93-55-43-76(44-56-93)72-19-35-84(36-20-72)97-60-4-48-89/h5-44,49-56H,1-4,45-48,57-64,86-89H2/q+4. The molecule has 12 heteroatoms.